The molecule has 2 aromatic heterocycles. The Balaban J connectivity index is 1.56. The number of anilines is 1. The van der Waals surface area contributed by atoms with Crippen molar-refractivity contribution in [2.45, 2.75) is 12.8 Å². The van der Waals surface area contributed by atoms with Crippen LogP contribution in [-0.4, -0.2) is 52.6 Å². The van der Waals surface area contributed by atoms with Crippen LogP contribution >= 0.6 is 0 Å². The molecule has 0 spiro atoms. The van der Waals surface area contributed by atoms with Gasteiger partial charge >= 0.3 is 0 Å². The molecule has 7 heteroatoms. The van der Waals surface area contributed by atoms with Gasteiger partial charge < -0.3 is 15.6 Å². The first kappa shape index (κ1) is 14.5. The fourth-order valence-electron chi connectivity index (χ4n) is 3.30. The lowest BCUT2D eigenvalue weighted by molar-refractivity contribution is 0.374. The highest BCUT2D eigenvalue weighted by Gasteiger charge is 2.17. The van der Waals surface area contributed by atoms with E-state index >= 15 is 0 Å². The molecule has 2 aliphatic rings. The maximum atomic E-state index is 4.59. The number of nitrogens with one attached hydrogen (secondary N) is 3. The van der Waals surface area contributed by atoms with Gasteiger partial charge in [0.15, 0.2) is 11.5 Å². The number of nitrogens with zero attached hydrogens (tertiary/aromatic N) is 4. The molecule has 7 nitrogen and oxygen atoms in total. The normalized spacial score (nSPS) is 19.3. The zero-order valence-corrected chi connectivity index (χ0v) is 13.4. The van der Waals surface area contributed by atoms with Gasteiger partial charge in [-0.05, 0) is 31.8 Å². The minimum Gasteiger partial charge on any atom is -0.367 e. The lowest BCUT2D eigenvalue weighted by atomic mass is 9.98. The van der Waals surface area contributed by atoms with Crippen molar-refractivity contribution in [3.63, 3.8) is 0 Å². The van der Waals surface area contributed by atoms with E-state index in [-0.39, 0.29) is 0 Å². The molecule has 2 aliphatic heterocycles. The highest BCUT2D eigenvalue weighted by atomic mass is 15.5. The third-order valence-electron chi connectivity index (χ3n) is 4.64. The Bertz CT molecular complexity index is 714. The monoisotopic (exact) mass is 313 g/mol. The van der Waals surface area contributed by atoms with Crippen molar-refractivity contribution in [1.82, 2.24) is 30.1 Å². The average molecular weight is 313 g/mol. The maximum Gasteiger partial charge on any atom is 0.180 e. The zero-order valence-electron chi connectivity index (χ0n) is 13.4. The molecule has 0 radical (unpaired) electrons. The topological polar surface area (TPSA) is 69.5 Å². The predicted molar refractivity (Wildman–Crippen MR) is 90.8 cm³/mol. The van der Waals surface area contributed by atoms with E-state index in [0.29, 0.717) is 5.92 Å². The Morgan fingerprint density at radius 2 is 2.17 bits per heavy atom. The molecule has 4 rings (SSSR count). The zero-order chi connectivity index (χ0) is 15.6. The van der Waals surface area contributed by atoms with Crippen LogP contribution in [0.4, 0.5) is 5.82 Å². The molecule has 0 bridgehead atoms. The summed E-state index contributed by atoms with van der Waals surface area (Å²) in [5.74, 6) is 1.58. The molecule has 0 saturated carbocycles. The molecule has 0 amide bonds. The molecule has 0 aliphatic carbocycles. The van der Waals surface area contributed by atoms with Crippen molar-refractivity contribution in [3.8, 4) is 0 Å². The molecule has 1 saturated heterocycles. The lowest BCUT2D eigenvalue weighted by Gasteiger charge is -2.23. The summed E-state index contributed by atoms with van der Waals surface area (Å²) in [6.07, 6.45) is 10.3. The number of hydrogen-bond donors (Lipinski definition) is 3. The second-order valence-corrected chi connectivity index (χ2v) is 6.29. The van der Waals surface area contributed by atoms with E-state index in [0.717, 1.165) is 43.3 Å². The Hall–Kier alpha value is -2.12. The van der Waals surface area contributed by atoms with Gasteiger partial charge in [-0.1, -0.05) is 0 Å². The number of imidazole rings is 1. The van der Waals surface area contributed by atoms with Crippen molar-refractivity contribution in [2.75, 3.05) is 38.5 Å². The summed E-state index contributed by atoms with van der Waals surface area (Å²) in [5.41, 5.74) is 6.51. The van der Waals surface area contributed by atoms with E-state index in [4.69, 9.17) is 0 Å². The van der Waals surface area contributed by atoms with Crippen LogP contribution in [0.15, 0.2) is 24.8 Å². The predicted octanol–water partition coefficient (Wildman–Crippen LogP) is 0.932. The molecule has 0 atom stereocenters. The van der Waals surface area contributed by atoms with Crippen LogP contribution in [0.1, 0.15) is 18.5 Å². The first-order valence-corrected chi connectivity index (χ1v) is 8.25. The third kappa shape index (κ3) is 2.89. The average Bonchev–Trinajstić information content (AvgIpc) is 3.20. The number of hydrogen-bond acceptors (Lipinski definition) is 6. The summed E-state index contributed by atoms with van der Waals surface area (Å²) >= 11 is 0. The van der Waals surface area contributed by atoms with Crippen LogP contribution < -0.4 is 16.1 Å². The number of hydrazine groups is 1. The molecule has 0 unspecified atom stereocenters. The molecular weight excluding hydrogens is 290 g/mol. The second-order valence-electron chi connectivity index (χ2n) is 6.29. The van der Waals surface area contributed by atoms with E-state index in [9.17, 15) is 0 Å². The van der Waals surface area contributed by atoms with Crippen molar-refractivity contribution >= 4 is 17.0 Å². The fourth-order valence-corrected chi connectivity index (χ4v) is 3.30. The summed E-state index contributed by atoms with van der Waals surface area (Å²) in [6, 6.07) is 0. The highest BCUT2D eigenvalue weighted by molar-refractivity contribution is 5.71. The smallest absolute Gasteiger partial charge is 0.180 e. The molecular formula is C16H23N7. The molecule has 2 aromatic rings. The van der Waals surface area contributed by atoms with E-state index in [1.165, 1.54) is 18.4 Å². The fraction of sp³-hybridized carbons (Fsp3) is 0.500. The van der Waals surface area contributed by atoms with E-state index in [2.05, 4.69) is 36.6 Å². The number of rotatable bonds is 4. The maximum absolute atomic E-state index is 4.59. The quantitative estimate of drug-likeness (QED) is 0.780. The van der Waals surface area contributed by atoms with Crippen molar-refractivity contribution in [2.24, 2.45) is 5.92 Å². The van der Waals surface area contributed by atoms with Gasteiger partial charge in [0.2, 0.25) is 0 Å². The van der Waals surface area contributed by atoms with Gasteiger partial charge in [-0.2, -0.15) is 0 Å². The number of aromatic nitrogens is 3. The van der Waals surface area contributed by atoms with Gasteiger partial charge in [0.1, 0.15) is 0 Å². The molecule has 23 heavy (non-hydrogen) atoms. The minimum atomic E-state index is 0.711. The first-order valence-electron chi connectivity index (χ1n) is 8.25. The van der Waals surface area contributed by atoms with Gasteiger partial charge in [0.05, 0.1) is 11.9 Å². The van der Waals surface area contributed by atoms with E-state index in [1.54, 1.807) is 0 Å². The lowest BCUT2D eigenvalue weighted by Crippen LogP contribution is -2.31. The van der Waals surface area contributed by atoms with Crippen LogP contribution in [0, 0.1) is 5.92 Å². The number of fused-ring (bicyclic) bond motifs is 1. The largest absolute Gasteiger partial charge is 0.367 e. The van der Waals surface area contributed by atoms with Crippen LogP contribution in [0.2, 0.25) is 0 Å². The Kier molecular flexibility index (Phi) is 3.88. The molecule has 0 aromatic carbocycles. The Morgan fingerprint density at radius 1 is 1.30 bits per heavy atom. The van der Waals surface area contributed by atoms with Gasteiger partial charge in [0, 0.05) is 44.3 Å². The molecule has 4 heterocycles. The third-order valence-corrected chi connectivity index (χ3v) is 4.64. The Labute approximate surface area is 135 Å². The van der Waals surface area contributed by atoms with E-state index < -0.39 is 0 Å². The molecule has 122 valence electrons. The second kappa shape index (κ2) is 6.17. The van der Waals surface area contributed by atoms with Crippen molar-refractivity contribution in [1.29, 1.82) is 0 Å². The van der Waals surface area contributed by atoms with Crippen LogP contribution in [0.5, 0.6) is 0 Å². The van der Waals surface area contributed by atoms with Gasteiger partial charge in [0.25, 0.3) is 0 Å². The SMILES string of the molecule is CN1C=C(c2cnc3c(NCC4CCNCC4)nccn23)CN1. The van der Waals surface area contributed by atoms with Crippen molar-refractivity contribution < 1.29 is 0 Å². The summed E-state index contributed by atoms with van der Waals surface area (Å²) in [6.45, 7) is 4.02. The minimum absolute atomic E-state index is 0.711. The summed E-state index contributed by atoms with van der Waals surface area (Å²) < 4.78 is 2.12. The van der Waals surface area contributed by atoms with Gasteiger partial charge in [-0.3, -0.25) is 4.40 Å². The molecule has 1 fully saturated rings. The molecule has 3 N–H and O–H groups in total. The first-order chi connectivity index (χ1) is 11.3. The summed E-state index contributed by atoms with van der Waals surface area (Å²) in [7, 11) is 2.00. The van der Waals surface area contributed by atoms with Crippen LogP contribution in [0.3, 0.4) is 0 Å². The van der Waals surface area contributed by atoms with Crippen molar-refractivity contribution in [3.05, 3.63) is 30.5 Å². The summed E-state index contributed by atoms with van der Waals surface area (Å²) in [5, 5.41) is 8.89. The van der Waals surface area contributed by atoms with Crippen LogP contribution in [0.25, 0.3) is 11.2 Å². The highest BCUT2D eigenvalue weighted by Crippen LogP contribution is 2.22. The Morgan fingerprint density at radius 3 is 2.96 bits per heavy atom. The van der Waals surface area contributed by atoms with Gasteiger partial charge in [-0.15, -0.1) is 0 Å². The van der Waals surface area contributed by atoms with E-state index in [1.807, 2.05) is 30.6 Å². The van der Waals surface area contributed by atoms with Crippen LogP contribution in [-0.2, 0) is 0 Å². The number of piperidine rings is 1. The standard InChI is InChI=1S/C16H23N7/c1-22-11-13(9-21-22)14-10-20-16-15(18-6-7-23(14)16)19-8-12-2-4-17-5-3-12/h6-7,10-12,17,21H,2-5,8-9H2,1H3,(H,18,19). The summed E-state index contributed by atoms with van der Waals surface area (Å²) in [4.78, 5) is 9.08. The van der Waals surface area contributed by atoms with Gasteiger partial charge in [-0.25, -0.2) is 15.4 Å².